The van der Waals surface area contributed by atoms with Gasteiger partial charge in [0.2, 0.25) is 0 Å². The van der Waals surface area contributed by atoms with E-state index in [1.807, 2.05) is 30.0 Å². The van der Waals surface area contributed by atoms with Crippen molar-refractivity contribution in [2.45, 2.75) is 13.5 Å². The predicted molar refractivity (Wildman–Crippen MR) is 90.9 cm³/mol. The normalized spacial score (nSPS) is 10.7. The third kappa shape index (κ3) is 7.75. The number of pyridine rings is 1. The SMILES string of the molecule is CCNC(=NCc1ccccn1)NCCSC.I. The molecule has 0 saturated carbocycles. The number of halogens is 1. The van der Waals surface area contributed by atoms with Gasteiger partial charge >= 0.3 is 0 Å². The van der Waals surface area contributed by atoms with Gasteiger partial charge in [-0.2, -0.15) is 11.8 Å². The monoisotopic (exact) mass is 380 g/mol. The smallest absolute Gasteiger partial charge is 0.191 e. The first-order chi connectivity index (χ1) is 8.36. The van der Waals surface area contributed by atoms with Crippen molar-refractivity contribution in [2.24, 2.45) is 4.99 Å². The molecule has 0 aliphatic rings. The van der Waals surface area contributed by atoms with E-state index in [4.69, 9.17) is 0 Å². The number of rotatable bonds is 6. The number of aromatic nitrogens is 1. The molecule has 1 aromatic heterocycles. The lowest BCUT2D eigenvalue weighted by atomic mass is 10.3. The molecule has 0 saturated heterocycles. The molecule has 0 bridgehead atoms. The fourth-order valence-electron chi connectivity index (χ4n) is 1.26. The summed E-state index contributed by atoms with van der Waals surface area (Å²) in [6.45, 7) is 4.46. The highest BCUT2D eigenvalue weighted by atomic mass is 127. The Bertz CT molecular complexity index is 332. The van der Waals surface area contributed by atoms with Crippen molar-refractivity contribution in [3.05, 3.63) is 30.1 Å². The lowest BCUT2D eigenvalue weighted by molar-refractivity contribution is 0.837. The second-order valence-electron chi connectivity index (χ2n) is 3.44. The maximum atomic E-state index is 4.48. The van der Waals surface area contributed by atoms with Crippen LogP contribution < -0.4 is 10.6 Å². The van der Waals surface area contributed by atoms with Crippen LogP contribution in [0.1, 0.15) is 12.6 Å². The van der Waals surface area contributed by atoms with Crippen LogP contribution in [0.5, 0.6) is 0 Å². The predicted octanol–water partition coefficient (Wildman–Crippen LogP) is 2.12. The van der Waals surface area contributed by atoms with Crippen LogP contribution in [0.3, 0.4) is 0 Å². The molecule has 0 unspecified atom stereocenters. The molecule has 1 heterocycles. The molecular weight excluding hydrogens is 359 g/mol. The molecule has 0 aromatic carbocycles. The van der Waals surface area contributed by atoms with Gasteiger partial charge in [-0.15, -0.1) is 24.0 Å². The van der Waals surface area contributed by atoms with Gasteiger partial charge in [0.05, 0.1) is 12.2 Å². The van der Waals surface area contributed by atoms with Gasteiger partial charge in [0.1, 0.15) is 0 Å². The third-order valence-corrected chi connectivity index (χ3v) is 2.68. The largest absolute Gasteiger partial charge is 0.357 e. The number of guanidine groups is 1. The Labute approximate surface area is 130 Å². The van der Waals surface area contributed by atoms with Crippen molar-refractivity contribution >= 4 is 41.7 Å². The summed E-state index contributed by atoms with van der Waals surface area (Å²) in [5, 5.41) is 6.50. The van der Waals surface area contributed by atoms with Gasteiger partial charge < -0.3 is 10.6 Å². The fraction of sp³-hybridized carbons (Fsp3) is 0.500. The number of aliphatic imine (C=N–C) groups is 1. The van der Waals surface area contributed by atoms with Crippen molar-refractivity contribution in [1.29, 1.82) is 0 Å². The van der Waals surface area contributed by atoms with Crippen LogP contribution in [0.4, 0.5) is 0 Å². The topological polar surface area (TPSA) is 49.3 Å². The zero-order valence-corrected chi connectivity index (χ0v) is 14.0. The molecule has 1 rings (SSSR count). The third-order valence-electron chi connectivity index (χ3n) is 2.07. The first-order valence-electron chi connectivity index (χ1n) is 5.78. The van der Waals surface area contributed by atoms with E-state index in [-0.39, 0.29) is 24.0 Å². The summed E-state index contributed by atoms with van der Waals surface area (Å²) in [6, 6.07) is 5.87. The van der Waals surface area contributed by atoms with Crippen LogP contribution in [0.25, 0.3) is 0 Å². The van der Waals surface area contributed by atoms with Crippen LogP contribution in [-0.2, 0) is 6.54 Å². The minimum absolute atomic E-state index is 0. The molecule has 0 radical (unpaired) electrons. The van der Waals surface area contributed by atoms with E-state index in [2.05, 4.69) is 33.8 Å². The molecule has 4 nitrogen and oxygen atoms in total. The van der Waals surface area contributed by atoms with E-state index in [0.29, 0.717) is 6.54 Å². The minimum atomic E-state index is 0. The standard InChI is InChI=1S/C12H20N4S.HI/c1-3-13-12(15-8-9-17-2)16-10-11-6-4-5-7-14-11;/h4-7H,3,8-10H2,1-2H3,(H2,13,15,16);1H. The average Bonchev–Trinajstić information content (AvgIpc) is 2.37. The van der Waals surface area contributed by atoms with Crippen LogP contribution in [-0.4, -0.2) is 36.0 Å². The van der Waals surface area contributed by atoms with Gasteiger partial charge in [-0.25, -0.2) is 4.99 Å². The van der Waals surface area contributed by atoms with Crippen molar-refractivity contribution in [3.63, 3.8) is 0 Å². The fourth-order valence-corrected chi connectivity index (χ4v) is 1.57. The first-order valence-corrected chi connectivity index (χ1v) is 7.17. The molecule has 1 aromatic rings. The molecule has 6 heteroatoms. The van der Waals surface area contributed by atoms with Gasteiger partial charge in [0.15, 0.2) is 5.96 Å². The summed E-state index contributed by atoms with van der Waals surface area (Å²) in [6.07, 6.45) is 3.89. The molecule has 18 heavy (non-hydrogen) atoms. The van der Waals surface area contributed by atoms with Crippen LogP contribution in [0.2, 0.25) is 0 Å². The number of hydrogen-bond donors (Lipinski definition) is 2. The molecule has 0 aliphatic carbocycles. The van der Waals surface area contributed by atoms with Crippen LogP contribution in [0.15, 0.2) is 29.4 Å². The maximum absolute atomic E-state index is 4.48. The lowest BCUT2D eigenvalue weighted by Gasteiger charge is -2.10. The van der Waals surface area contributed by atoms with Gasteiger partial charge in [-0.1, -0.05) is 6.07 Å². The molecular formula is C12H21IN4S. The number of nitrogens with zero attached hydrogens (tertiary/aromatic N) is 2. The van der Waals surface area contributed by atoms with E-state index in [9.17, 15) is 0 Å². The van der Waals surface area contributed by atoms with E-state index >= 15 is 0 Å². The highest BCUT2D eigenvalue weighted by molar-refractivity contribution is 14.0. The molecule has 0 fully saturated rings. The van der Waals surface area contributed by atoms with Crippen molar-refractivity contribution in [1.82, 2.24) is 15.6 Å². The summed E-state index contributed by atoms with van der Waals surface area (Å²) in [5.74, 6) is 1.93. The lowest BCUT2D eigenvalue weighted by Crippen LogP contribution is -2.38. The highest BCUT2D eigenvalue weighted by Crippen LogP contribution is 1.95. The zero-order valence-electron chi connectivity index (χ0n) is 10.8. The summed E-state index contributed by atoms with van der Waals surface area (Å²) in [5.41, 5.74) is 0.981. The summed E-state index contributed by atoms with van der Waals surface area (Å²) in [4.78, 5) is 8.72. The molecule has 0 amide bonds. The van der Waals surface area contributed by atoms with Gasteiger partial charge in [-0.3, -0.25) is 4.98 Å². The Hall–Kier alpha value is -0.500. The molecule has 0 atom stereocenters. The van der Waals surface area contributed by atoms with E-state index in [1.165, 1.54) is 0 Å². The van der Waals surface area contributed by atoms with E-state index in [0.717, 1.165) is 30.5 Å². The number of nitrogens with one attached hydrogen (secondary N) is 2. The summed E-state index contributed by atoms with van der Waals surface area (Å²) in [7, 11) is 0. The van der Waals surface area contributed by atoms with Gasteiger partial charge in [0.25, 0.3) is 0 Å². The van der Waals surface area contributed by atoms with Crippen LogP contribution in [0, 0.1) is 0 Å². The molecule has 0 spiro atoms. The second-order valence-corrected chi connectivity index (χ2v) is 4.42. The Morgan fingerprint density at radius 2 is 2.22 bits per heavy atom. The highest BCUT2D eigenvalue weighted by Gasteiger charge is 1.96. The van der Waals surface area contributed by atoms with Crippen molar-refractivity contribution in [3.8, 4) is 0 Å². The Kier molecular flexibility index (Phi) is 11.3. The minimum Gasteiger partial charge on any atom is -0.357 e. The Morgan fingerprint density at radius 1 is 1.39 bits per heavy atom. The van der Waals surface area contributed by atoms with E-state index in [1.54, 1.807) is 6.20 Å². The Morgan fingerprint density at radius 3 is 2.83 bits per heavy atom. The Balaban J connectivity index is 0.00000289. The first kappa shape index (κ1) is 17.5. The number of hydrogen-bond acceptors (Lipinski definition) is 3. The van der Waals surface area contributed by atoms with Crippen molar-refractivity contribution < 1.29 is 0 Å². The number of thioether (sulfide) groups is 1. The zero-order chi connectivity index (χ0) is 12.3. The second kappa shape index (κ2) is 11.6. The van der Waals surface area contributed by atoms with Gasteiger partial charge in [0, 0.05) is 25.0 Å². The molecule has 102 valence electrons. The maximum Gasteiger partial charge on any atom is 0.191 e. The quantitative estimate of drug-likeness (QED) is 0.344. The molecule has 0 aliphatic heterocycles. The van der Waals surface area contributed by atoms with Gasteiger partial charge in [-0.05, 0) is 25.3 Å². The van der Waals surface area contributed by atoms with Crippen LogP contribution >= 0.6 is 35.7 Å². The summed E-state index contributed by atoms with van der Waals surface area (Å²) >= 11 is 1.82. The molecule has 2 N–H and O–H groups in total. The van der Waals surface area contributed by atoms with E-state index < -0.39 is 0 Å². The van der Waals surface area contributed by atoms with Crippen molar-refractivity contribution in [2.75, 3.05) is 25.1 Å². The summed E-state index contributed by atoms with van der Waals surface area (Å²) < 4.78 is 0. The average molecular weight is 380 g/mol.